The van der Waals surface area contributed by atoms with Crippen LogP contribution in [0.25, 0.3) is 0 Å². The molecular formula is C14H12ClNO3. The molecule has 0 spiro atoms. The van der Waals surface area contributed by atoms with Gasteiger partial charge in [0.1, 0.15) is 6.61 Å². The third-order valence-corrected chi connectivity index (χ3v) is 2.84. The molecule has 0 atom stereocenters. The number of nitrogens with zero attached hydrogens (tertiary/aromatic N) is 1. The van der Waals surface area contributed by atoms with E-state index in [1.165, 1.54) is 6.07 Å². The summed E-state index contributed by atoms with van der Waals surface area (Å²) in [5.41, 5.74) is 1.58. The van der Waals surface area contributed by atoms with Gasteiger partial charge >= 0.3 is 5.97 Å². The van der Waals surface area contributed by atoms with E-state index in [1.54, 1.807) is 25.1 Å². The molecule has 1 aromatic carbocycles. The number of hydrogen-bond acceptors (Lipinski definition) is 3. The monoisotopic (exact) mass is 277 g/mol. The molecule has 1 aromatic heterocycles. The number of aryl methyl sites for hydroxylation is 1. The minimum absolute atomic E-state index is 0.179. The number of aromatic nitrogens is 1. The van der Waals surface area contributed by atoms with Crippen LogP contribution in [0.15, 0.2) is 36.4 Å². The van der Waals surface area contributed by atoms with Crippen molar-refractivity contribution < 1.29 is 14.6 Å². The Morgan fingerprint density at radius 3 is 2.53 bits per heavy atom. The highest BCUT2D eigenvalue weighted by molar-refractivity contribution is 6.30. The van der Waals surface area contributed by atoms with Gasteiger partial charge in [0, 0.05) is 11.1 Å². The number of benzene rings is 1. The number of aromatic carboxylic acids is 1. The summed E-state index contributed by atoms with van der Waals surface area (Å²) in [7, 11) is 0. The van der Waals surface area contributed by atoms with E-state index in [0.29, 0.717) is 23.2 Å². The van der Waals surface area contributed by atoms with Gasteiger partial charge in [0.2, 0.25) is 5.88 Å². The summed E-state index contributed by atoms with van der Waals surface area (Å²) in [6, 6.07) is 10.3. The highest BCUT2D eigenvalue weighted by atomic mass is 35.5. The second kappa shape index (κ2) is 5.71. The maximum Gasteiger partial charge on any atom is 0.337 e. The molecule has 0 aliphatic carbocycles. The van der Waals surface area contributed by atoms with Crippen LogP contribution in [-0.2, 0) is 6.61 Å². The summed E-state index contributed by atoms with van der Waals surface area (Å²) in [5, 5.41) is 9.57. The van der Waals surface area contributed by atoms with Crippen molar-refractivity contribution in [2.45, 2.75) is 13.5 Å². The number of pyridine rings is 1. The van der Waals surface area contributed by atoms with Crippen molar-refractivity contribution >= 4 is 17.6 Å². The molecule has 1 N–H and O–H groups in total. The summed E-state index contributed by atoms with van der Waals surface area (Å²) >= 11 is 5.79. The number of carbonyl (C=O) groups is 1. The number of carboxylic acid groups (broad SMARTS) is 1. The first-order valence-electron chi connectivity index (χ1n) is 5.64. The predicted molar refractivity (Wildman–Crippen MR) is 71.7 cm³/mol. The van der Waals surface area contributed by atoms with Crippen molar-refractivity contribution in [3.63, 3.8) is 0 Å². The molecule has 0 saturated carbocycles. The quantitative estimate of drug-likeness (QED) is 0.931. The summed E-state index contributed by atoms with van der Waals surface area (Å²) in [4.78, 5) is 14.9. The number of hydrogen-bond donors (Lipinski definition) is 1. The Morgan fingerprint density at radius 2 is 1.95 bits per heavy atom. The fraction of sp³-hybridized carbons (Fsp3) is 0.143. The van der Waals surface area contributed by atoms with E-state index < -0.39 is 5.97 Å². The summed E-state index contributed by atoms with van der Waals surface area (Å²) < 4.78 is 5.50. The van der Waals surface area contributed by atoms with Crippen LogP contribution < -0.4 is 4.74 Å². The zero-order chi connectivity index (χ0) is 13.8. The first kappa shape index (κ1) is 13.4. The van der Waals surface area contributed by atoms with Gasteiger partial charge in [-0.1, -0.05) is 23.7 Å². The van der Waals surface area contributed by atoms with Crippen molar-refractivity contribution in [2.75, 3.05) is 0 Å². The van der Waals surface area contributed by atoms with Gasteiger partial charge in [0.25, 0.3) is 0 Å². The first-order valence-corrected chi connectivity index (χ1v) is 6.02. The molecule has 0 radical (unpaired) electrons. The molecule has 0 saturated heterocycles. The van der Waals surface area contributed by atoms with E-state index in [0.717, 1.165) is 5.56 Å². The predicted octanol–water partition coefficient (Wildman–Crippen LogP) is 3.32. The lowest BCUT2D eigenvalue weighted by atomic mass is 10.2. The normalized spacial score (nSPS) is 10.2. The lowest BCUT2D eigenvalue weighted by Crippen LogP contribution is -2.04. The fourth-order valence-electron chi connectivity index (χ4n) is 1.58. The molecule has 4 nitrogen and oxygen atoms in total. The molecule has 2 aromatic rings. The minimum Gasteiger partial charge on any atom is -0.478 e. The molecule has 0 fully saturated rings. The highest BCUT2D eigenvalue weighted by Gasteiger charge is 2.09. The van der Waals surface area contributed by atoms with Gasteiger partial charge in [-0.25, -0.2) is 9.78 Å². The van der Waals surface area contributed by atoms with E-state index in [2.05, 4.69) is 4.98 Å². The molecule has 0 amide bonds. The van der Waals surface area contributed by atoms with Crippen molar-refractivity contribution in [2.24, 2.45) is 0 Å². The van der Waals surface area contributed by atoms with Gasteiger partial charge in [-0.15, -0.1) is 0 Å². The molecule has 19 heavy (non-hydrogen) atoms. The summed E-state index contributed by atoms with van der Waals surface area (Å²) in [6.45, 7) is 1.99. The lowest BCUT2D eigenvalue weighted by molar-refractivity contribution is 0.0695. The van der Waals surface area contributed by atoms with Crippen LogP contribution in [0.2, 0.25) is 5.02 Å². The van der Waals surface area contributed by atoms with Gasteiger partial charge in [-0.05, 0) is 30.7 Å². The number of rotatable bonds is 4. The van der Waals surface area contributed by atoms with Crippen LogP contribution in [0.1, 0.15) is 21.6 Å². The first-order chi connectivity index (χ1) is 9.06. The van der Waals surface area contributed by atoms with Gasteiger partial charge in [-0.3, -0.25) is 0 Å². The van der Waals surface area contributed by atoms with Crippen molar-refractivity contribution in [1.82, 2.24) is 4.98 Å². The van der Waals surface area contributed by atoms with E-state index in [4.69, 9.17) is 21.4 Å². The molecule has 0 bridgehead atoms. The smallest absolute Gasteiger partial charge is 0.337 e. The van der Waals surface area contributed by atoms with Crippen LogP contribution >= 0.6 is 11.6 Å². The van der Waals surface area contributed by atoms with E-state index in [1.807, 2.05) is 12.1 Å². The average Bonchev–Trinajstić information content (AvgIpc) is 2.37. The molecule has 0 aliphatic rings. The molecular weight excluding hydrogens is 266 g/mol. The van der Waals surface area contributed by atoms with Crippen LogP contribution in [0.4, 0.5) is 0 Å². The van der Waals surface area contributed by atoms with E-state index in [-0.39, 0.29) is 5.56 Å². The second-order valence-electron chi connectivity index (χ2n) is 4.00. The number of carboxylic acids is 1. The molecule has 98 valence electrons. The number of ether oxygens (including phenoxy) is 1. The Kier molecular flexibility index (Phi) is 4.02. The largest absolute Gasteiger partial charge is 0.478 e. The molecule has 2 rings (SSSR count). The SMILES string of the molecule is Cc1nc(OCc2ccc(Cl)cc2)ccc1C(=O)O. The van der Waals surface area contributed by atoms with Crippen LogP contribution in [0.5, 0.6) is 5.88 Å². The van der Waals surface area contributed by atoms with Crippen molar-refractivity contribution in [3.05, 3.63) is 58.2 Å². The fourth-order valence-corrected chi connectivity index (χ4v) is 1.71. The molecule has 5 heteroatoms. The standard InChI is InChI=1S/C14H12ClNO3/c1-9-12(14(17)18)6-7-13(16-9)19-8-10-2-4-11(15)5-3-10/h2-7H,8H2,1H3,(H,17,18). The lowest BCUT2D eigenvalue weighted by Gasteiger charge is -2.07. The van der Waals surface area contributed by atoms with E-state index in [9.17, 15) is 4.79 Å². The number of halogens is 1. The minimum atomic E-state index is -0.991. The maximum absolute atomic E-state index is 10.9. The summed E-state index contributed by atoms with van der Waals surface area (Å²) in [5.74, 6) is -0.591. The third-order valence-electron chi connectivity index (χ3n) is 2.59. The molecule has 0 aliphatic heterocycles. The Bertz CT molecular complexity index is 596. The molecule has 0 unspecified atom stereocenters. The average molecular weight is 278 g/mol. The Balaban J connectivity index is 2.06. The maximum atomic E-state index is 10.9. The Morgan fingerprint density at radius 1 is 1.26 bits per heavy atom. The van der Waals surface area contributed by atoms with Gasteiger partial charge in [0.05, 0.1) is 11.3 Å². The zero-order valence-corrected chi connectivity index (χ0v) is 11.0. The van der Waals surface area contributed by atoms with Gasteiger partial charge < -0.3 is 9.84 Å². The topological polar surface area (TPSA) is 59.4 Å². The van der Waals surface area contributed by atoms with Crippen LogP contribution in [-0.4, -0.2) is 16.1 Å². The van der Waals surface area contributed by atoms with E-state index >= 15 is 0 Å². The van der Waals surface area contributed by atoms with Gasteiger partial charge in [-0.2, -0.15) is 0 Å². The Hall–Kier alpha value is -2.07. The molecule has 1 heterocycles. The van der Waals surface area contributed by atoms with Crippen molar-refractivity contribution in [1.29, 1.82) is 0 Å². The highest BCUT2D eigenvalue weighted by Crippen LogP contribution is 2.15. The van der Waals surface area contributed by atoms with Crippen LogP contribution in [0, 0.1) is 6.92 Å². The third kappa shape index (κ3) is 3.45. The Labute approximate surface area is 115 Å². The van der Waals surface area contributed by atoms with Crippen LogP contribution in [0.3, 0.4) is 0 Å². The van der Waals surface area contributed by atoms with Crippen molar-refractivity contribution in [3.8, 4) is 5.88 Å². The van der Waals surface area contributed by atoms with Gasteiger partial charge in [0.15, 0.2) is 0 Å². The summed E-state index contributed by atoms with van der Waals surface area (Å²) in [6.07, 6.45) is 0. The second-order valence-corrected chi connectivity index (χ2v) is 4.44. The zero-order valence-electron chi connectivity index (χ0n) is 10.3.